The van der Waals surface area contributed by atoms with Crippen molar-refractivity contribution in [2.75, 3.05) is 0 Å². The van der Waals surface area contributed by atoms with Crippen molar-refractivity contribution >= 4 is 26.8 Å². The lowest BCUT2D eigenvalue weighted by Gasteiger charge is -2.02. The van der Waals surface area contributed by atoms with Gasteiger partial charge in [0.05, 0.1) is 4.90 Å². The molecule has 2 aromatic carbocycles. The van der Waals surface area contributed by atoms with E-state index in [1.807, 2.05) is 41.1 Å². The number of fused-ring (bicyclic) bond motifs is 1. The van der Waals surface area contributed by atoms with E-state index in [1.54, 1.807) is 24.3 Å². The van der Waals surface area contributed by atoms with E-state index in [0.717, 1.165) is 10.9 Å². The van der Waals surface area contributed by atoms with E-state index in [4.69, 9.17) is 0 Å². The molecule has 0 amide bonds. The fourth-order valence-electron chi connectivity index (χ4n) is 2.72. The molecule has 1 aromatic heterocycles. The molecule has 0 radical (unpaired) electrons. The summed E-state index contributed by atoms with van der Waals surface area (Å²) in [5.41, 5.74) is 1.65. The molecule has 0 aliphatic carbocycles. The highest BCUT2D eigenvalue weighted by Crippen LogP contribution is 2.26. The van der Waals surface area contributed by atoms with Gasteiger partial charge >= 0.3 is 0 Å². The lowest BCUT2D eigenvalue weighted by atomic mass is 10.1. The topological polar surface area (TPSA) is 62.9 Å². The minimum absolute atomic E-state index is 0.109. The van der Waals surface area contributed by atoms with Gasteiger partial charge in [0.25, 0.3) is 0 Å². The van der Waals surface area contributed by atoms with E-state index in [2.05, 4.69) is 6.58 Å². The Hall–Kier alpha value is -3.10. The standard InChI is InChI=1S/C20H16N2O2S/c1-2-12-22-15-16(19-10-6-7-11-20(19)22)13-18(14-21)25(23,24)17-8-4-3-5-9-17/h2-11,13,15H,1,12H2/b18-13+. The zero-order valence-corrected chi connectivity index (χ0v) is 14.3. The number of allylic oxidation sites excluding steroid dienone is 2. The molecule has 124 valence electrons. The van der Waals surface area contributed by atoms with Gasteiger partial charge in [0.2, 0.25) is 9.84 Å². The molecule has 3 rings (SSSR count). The normalized spacial score (nSPS) is 12.0. The Morgan fingerprint density at radius 3 is 2.48 bits per heavy atom. The number of hydrogen-bond donors (Lipinski definition) is 0. The number of nitriles is 1. The van der Waals surface area contributed by atoms with Crippen LogP contribution in [-0.4, -0.2) is 13.0 Å². The van der Waals surface area contributed by atoms with Gasteiger partial charge in [-0.1, -0.05) is 42.5 Å². The first-order valence-corrected chi connectivity index (χ1v) is 9.17. The average Bonchev–Trinajstić information content (AvgIpc) is 2.98. The van der Waals surface area contributed by atoms with Gasteiger partial charge in [-0.15, -0.1) is 6.58 Å². The number of hydrogen-bond acceptors (Lipinski definition) is 3. The van der Waals surface area contributed by atoms with Crippen LogP contribution in [0.4, 0.5) is 0 Å². The maximum Gasteiger partial charge on any atom is 0.216 e. The fraction of sp³-hybridized carbons (Fsp3) is 0.0500. The van der Waals surface area contributed by atoms with Gasteiger partial charge in [0, 0.05) is 29.2 Å². The van der Waals surface area contributed by atoms with Crippen molar-refractivity contribution in [1.29, 1.82) is 5.26 Å². The summed E-state index contributed by atoms with van der Waals surface area (Å²) in [6, 6.07) is 17.5. The van der Waals surface area contributed by atoms with Crippen LogP contribution in [0.5, 0.6) is 0 Å². The van der Waals surface area contributed by atoms with Gasteiger partial charge in [-0.3, -0.25) is 0 Å². The quantitative estimate of drug-likeness (QED) is 0.513. The van der Waals surface area contributed by atoms with Crippen LogP contribution in [0.1, 0.15) is 5.56 Å². The molecular formula is C20H16N2O2S. The van der Waals surface area contributed by atoms with Crippen LogP contribution in [0.15, 0.2) is 83.2 Å². The molecule has 0 saturated heterocycles. The highest BCUT2D eigenvalue weighted by atomic mass is 32.2. The summed E-state index contributed by atoms with van der Waals surface area (Å²) in [5, 5.41) is 10.3. The molecule has 25 heavy (non-hydrogen) atoms. The molecule has 4 nitrogen and oxygen atoms in total. The van der Waals surface area contributed by atoms with Gasteiger partial charge < -0.3 is 4.57 Å². The Bertz CT molecular complexity index is 1100. The van der Waals surface area contributed by atoms with Crippen LogP contribution in [0.3, 0.4) is 0 Å². The number of sulfone groups is 1. The van der Waals surface area contributed by atoms with Gasteiger partial charge in [-0.2, -0.15) is 5.26 Å². The van der Waals surface area contributed by atoms with Gasteiger partial charge in [0.1, 0.15) is 11.0 Å². The Kier molecular flexibility index (Phi) is 4.55. The van der Waals surface area contributed by atoms with Crippen LogP contribution in [0, 0.1) is 11.3 Å². The smallest absolute Gasteiger partial charge is 0.216 e. The third kappa shape index (κ3) is 3.12. The van der Waals surface area contributed by atoms with E-state index in [9.17, 15) is 13.7 Å². The molecule has 0 bridgehead atoms. The SMILES string of the molecule is C=CCn1cc(/C=C(\C#N)S(=O)(=O)c2ccccc2)c2ccccc21. The Labute approximate surface area is 146 Å². The zero-order valence-electron chi connectivity index (χ0n) is 13.5. The molecule has 0 spiro atoms. The van der Waals surface area contributed by atoms with E-state index in [-0.39, 0.29) is 9.80 Å². The second kappa shape index (κ2) is 6.80. The first-order chi connectivity index (χ1) is 12.1. The third-order valence-electron chi connectivity index (χ3n) is 3.89. The molecule has 0 unspecified atom stereocenters. The molecule has 3 aromatic rings. The molecule has 0 aliphatic rings. The van der Waals surface area contributed by atoms with Crippen LogP contribution < -0.4 is 0 Å². The van der Waals surface area contributed by atoms with Crippen LogP contribution in [0.2, 0.25) is 0 Å². The molecule has 0 aliphatic heterocycles. The molecule has 0 N–H and O–H groups in total. The van der Waals surface area contributed by atoms with Crippen molar-refractivity contribution in [2.45, 2.75) is 11.4 Å². The molecular weight excluding hydrogens is 332 g/mol. The summed E-state index contributed by atoms with van der Waals surface area (Å²) in [5.74, 6) is 0. The predicted octanol–water partition coefficient (Wildman–Crippen LogP) is 4.17. The minimum Gasteiger partial charge on any atom is -0.343 e. The number of benzene rings is 2. The second-order valence-corrected chi connectivity index (χ2v) is 7.40. The van der Waals surface area contributed by atoms with Crippen LogP contribution in [0.25, 0.3) is 17.0 Å². The minimum atomic E-state index is -3.85. The second-order valence-electron chi connectivity index (χ2n) is 5.48. The third-order valence-corrected chi connectivity index (χ3v) is 5.57. The lowest BCUT2D eigenvalue weighted by Crippen LogP contribution is -2.03. The number of rotatable bonds is 5. The molecule has 0 atom stereocenters. The Morgan fingerprint density at radius 2 is 1.80 bits per heavy atom. The van der Waals surface area contributed by atoms with Crippen LogP contribution >= 0.6 is 0 Å². The maximum absolute atomic E-state index is 12.7. The number of aromatic nitrogens is 1. The highest BCUT2D eigenvalue weighted by molar-refractivity contribution is 7.95. The van der Waals surface area contributed by atoms with E-state index in [0.29, 0.717) is 12.1 Å². The summed E-state index contributed by atoms with van der Waals surface area (Å²) in [4.78, 5) is -0.169. The number of nitrogens with zero attached hydrogens (tertiary/aromatic N) is 2. The summed E-state index contributed by atoms with van der Waals surface area (Å²) >= 11 is 0. The van der Waals surface area contributed by atoms with Gasteiger partial charge in [-0.05, 0) is 24.3 Å². The largest absolute Gasteiger partial charge is 0.343 e. The van der Waals surface area contributed by atoms with Gasteiger partial charge in [-0.25, -0.2) is 8.42 Å². The van der Waals surface area contributed by atoms with Crippen molar-refractivity contribution in [3.05, 3.63) is 83.9 Å². The highest BCUT2D eigenvalue weighted by Gasteiger charge is 2.21. The van der Waals surface area contributed by atoms with Crippen molar-refractivity contribution in [3.8, 4) is 6.07 Å². The monoisotopic (exact) mass is 348 g/mol. The first-order valence-electron chi connectivity index (χ1n) is 7.68. The van der Waals surface area contributed by atoms with Crippen molar-refractivity contribution in [3.63, 3.8) is 0 Å². The maximum atomic E-state index is 12.7. The summed E-state index contributed by atoms with van der Waals surface area (Å²) < 4.78 is 27.4. The fourth-order valence-corrected chi connectivity index (χ4v) is 3.89. The average molecular weight is 348 g/mol. The first kappa shape index (κ1) is 16.7. The van der Waals surface area contributed by atoms with E-state index >= 15 is 0 Å². The molecule has 5 heteroatoms. The van der Waals surface area contributed by atoms with Gasteiger partial charge in [0.15, 0.2) is 0 Å². The van der Waals surface area contributed by atoms with E-state index in [1.165, 1.54) is 18.2 Å². The summed E-state index contributed by atoms with van der Waals surface area (Å²) in [6.45, 7) is 4.34. The lowest BCUT2D eigenvalue weighted by molar-refractivity contribution is 0.603. The summed E-state index contributed by atoms with van der Waals surface area (Å²) in [7, 11) is -3.85. The van der Waals surface area contributed by atoms with Crippen molar-refractivity contribution < 1.29 is 8.42 Å². The van der Waals surface area contributed by atoms with Crippen LogP contribution in [-0.2, 0) is 16.4 Å². The van der Waals surface area contributed by atoms with E-state index < -0.39 is 9.84 Å². The Balaban J connectivity index is 2.18. The van der Waals surface area contributed by atoms with Crippen molar-refractivity contribution in [1.82, 2.24) is 4.57 Å². The number of para-hydroxylation sites is 1. The predicted molar refractivity (Wildman–Crippen MR) is 99.4 cm³/mol. The summed E-state index contributed by atoms with van der Waals surface area (Å²) in [6.07, 6.45) is 5.04. The molecule has 0 fully saturated rings. The Morgan fingerprint density at radius 1 is 1.12 bits per heavy atom. The van der Waals surface area contributed by atoms with Crippen molar-refractivity contribution in [2.24, 2.45) is 0 Å². The molecule has 0 saturated carbocycles. The zero-order chi connectivity index (χ0) is 17.9. The molecule has 1 heterocycles.